The molecule has 0 saturated heterocycles. The maximum absolute atomic E-state index is 12.6. The molecule has 0 spiro atoms. The molecule has 22 heavy (non-hydrogen) atoms. The van der Waals surface area contributed by atoms with E-state index in [1.165, 1.54) is 25.7 Å². The van der Waals surface area contributed by atoms with Crippen molar-refractivity contribution in [2.24, 2.45) is 10.2 Å². The monoisotopic (exact) mass is 295 g/mol. The van der Waals surface area contributed by atoms with E-state index < -0.39 is 0 Å². The van der Waals surface area contributed by atoms with Crippen LogP contribution in [-0.4, -0.2) is 23.9 Å². The van der Waals surface area contributed by atoms with Gasteiger partial charge in [-0.25, -0.2) is 0 Å². The molecule has 1 aromatic rings. The summed E-state index contributed by atoms with van der Waals surface area (Å²) in [7, 11) is 0. The first-order chi connectivity index (χ1) is 10.8. The molecular formula is C18H21N3O. The fourth-order valence-corrected chi connectivity index (χ4v) is 3.03. The topological polar surface area (TPSA) is 45.0 Å². The number of nitrogens with zero attached hydrogens (tertiary/aromatic N) is 3. The Morgan fingerprint density at radius 2 is 1.82 bits per heavy atom. The van der Waals surface area contributed by atoms with Crippen molar-refractivity contribution in [2.75, 3.05) is 11.4 Å². The number of para-hydroxylation sites is 1. The standard InChI is InChI=1S/C18H21N3O/c1-2-13-21-16-12-8-7-11-15(16)17(18(21)22)20-19-14-9-5-3-4-6-10-14/h2,7-8,11-12H,1,3-6,9-10,13H2/b20-17+. The van der Waals surface area contributed by atoms with Gasteiger partial charge < -0.3 is 4.90 Å². The summed E-state index contributed by atoms with van der Waals surface area (Å²) in [5.41, 5.74) is 3.34. The van der Waals surface area contributed by atoms with Gasteiger partial charge >= 0.3 is 0 Å². The van der Waals surface area contributed by atoms with E-state index in [9.17, 15) is 4.79 Å². The summed E-state index contributed by atoms with van der Waals surface area (Å²) in [5, 5.41) is 8.72. The summed E-state index contributed by atoms with van der Waals surface area (Å²) < 4.78 is 0. The Balaban J connectivity index is 1.92. The summed E-state index contributed by atoms with van der Waals surface area (Å²) in [4.78, 5) is 14.3. The van der Waals surface area contributed by atoms with Crippen molar-refractivity contribution in [3.63, 3.8) is 0 Å². The molecule has 1 fully saturated rings. The van der Waals surface area contributed by atoms with Crippen LogP contribution in [0.15, 0.2) is 47.1 Å². The number of carbonyl (C=O) groups is 1. The van der Waals surface area contributed by atoms with E-state index in [4.69, 9.17) is 0 Å². The highest BCUT2D eigenvalue weighted by atomic mass is 16.2. The third kappa shape index (κ3) is 2.86. The second-order valence-electron chi connectivity index (χ2n) is 5.75. The highest BCUT2D eigenvalue weighted by Gasteiger charge is 2.33. The van der Waals surface area contributed by atoms with Gasteiger partial charge in [-0.05, 0) is 31.7 Å². The zero-order valence-electron chi connectivity index (χ0n) is 12.8. The lowest BCUT2D eigenvalue weighted by atomic mass is 10.1. The first kappa shape index (κ1) is 14.7. The molecule has 1 amide bonds. The van der Waals surface area contributed by atoms with Gasteiger partial charge in [0.25, 0.3) is 5.91 Å². The average molecular weight is 295 g/mol. The Kier molecular flexibility index (Phi) is 4.47. The van der Waals surface area contributed by atoms with Crippen LogP contribution in [0.2, 0.25) is 0 Å². The summed E-state index contributed by atoms with van der Waals surface area (Å²) in [6.07, 6.45) is 8.63. The van der Waals surface area contributed by atoms with Crippen molar-refractivity contribution in [1.29, 1.82) is 0 Å². The van der Waals surface area contributed by atoms with Gasteiger partial charge in [0.15, 0.2) is 5.71 Å². The van der Waals surface area contributed by atoms with Gasteiger partial charge in [-0.2, -0.15) is 5.10 Å². The fraction of sp³-hybridized carbons (Fsp3) is 0.389. The molecule has 0 bridgehead atoms. The molecule has 3 rings (SSSR count). The lowest BCUT2D eigenvalue weighted by molar-refractivity contribution is -0.112. The Hall–Kier alpha value is -2.23. The number of amides is 1. The zero-order valence-corrected chi connectivity index (χ0v) is 12.8. The van der Waals surface area contributed by atoms with Crippen LogP contribution in [0.3, 0.4) is 0 Å². The SMILES string of the molecule is C=CCN1C(=O)/C(=N/N=C2CCCCCC2)c2ccccc21. The lowest BCUT2D eigenvalue weighted by Crippen LogP contribution is -2.30. The molecule has 4 nitrogen and oxygen atoms in total. The molecule has 0 atom stereocenters. The van der Waals surface area contributed by atoms with E-state index in [-0.39, 0.29) is 5.91 Å². The van der Waals surface area contributed by atoms with E-state index in [1.807, 2.05) is 24.3 Å². The minimum absolute atomic E-state index is 0.0842. The molecule has 0 unspecified atom stereocenters. The van der Waals surface area contributed by atoms with Crippen molar-refractivity contribution < 1.29 is 4.79 Å². The van der Waals surface area contributed by atoms with E-state index in [2.05, 4.69) is 16.8 Å². The highest BCUT2D eigenvalue weighted by Crippen LogP contribution is 2.29. The van der Waals surface area contributed by atoms with Crippen molar-refractivity contribution in [1.82, 2.24) is 0 Å². The molecule has 1 aromatic carbocycles. The Bertz CT molecular complexity index is 635. The first-order valence-corrected chi connectivity index (χ1v) is 7.97. The Labute approximate surface area is 131 Å². The third-order valence-corrected chi connectivity index (χ3v) is 4.18. The number of rotatable bonds is 3. The van der Waals surface area contributed by atoms with Gasteiger partial charge in [-0.1, -0.05) is 37.1 Å². The Morgan fingerprint density at radius 3 is 2.55 bits per heavy atom. The van der Waals surface area contributed by atoms with E-state index in [0.717, 1.165) is 29.8 Å². The van der Waals surface area contributed by atoms with Gasteiger partial charge in [0.2, 0.25) is 0 Å². The number of fused-ring (bicyclic) bond motifs is 1. The quantitative estimate of drug-likeness (QED) is 0.476. The van der Waals surface area contributed by atoms with E-state index in [0.29, 0.717) is 12.3 Å². The molecule has 0 N–H and O–H groups in total. The maximum Gasteiger partial charge on any atom is 0.279 e. The maximum atomic E-state index is 12.6. The summed E-state index contributed by atoms with van der Waals surface area (Å²) in [6, 6.07) is 7.74. The van der Waals surface area contributed by atoms with Crippen molar-refractivity contribution in [3.8, 4) is 0 Å². The van der Waals surface area contributed by atoms with Crippen molar-refractivity contribution in [2.45, 2.75) is 38.5 Å². The molecular weight excluding hydrogens is 274 g/mol. The van der Waals surface area contributed by atoms with Gasteiger partial charge in [-0.15, -0.1) is 11.7 Å². The van der Waals surface area contributed by atoms with Crippen LogP contribution in [0.5, 0.6) is 0 Å². The third-order valence-electron chi connectivity index (χ3n) is 4.18. The molecule has 1 aliphatic heterocycles. The van der Waals surface area contributed by atoms with Gasteiger partial charge in [0, 0.05) is 17.8 Å². The molecule has 114 valence electrons. The van der Waals surface area contributed by atoms with E-state index >= 15 is 0 Å². The molecule has 1 aliphatic carbocycles. The zero-order chi connectivity index (χ0) is 15.4. The lowest BCUT2D eigenvalue weighted by Gasteiger charge is -2.13. The van der Waals surface area contributed by atoms with Crippen LogP contribution in [-0.2, 0) is 4.79 Å². The van der Waals surface area contributed by atoms with Gasteiger partial charge in [-0.3, -0.25) is 4.79 Å². The number of carbonyl (C=O) groups excluding carboxylic acids is 1. The van der Waals surface area contributed by atoms with Crippen LogP contribution in [0.1, 0.15) is 44.1 Å². The number of benzene rings is 1. The molecule has 4 heteroatoms. The number of hydrogen-bond donors (Lipinski definition) is 0. The molecule has 0 aromatic heterocycles. The van der Waals surface area contributed by atoms with Crippen molar-refractivity contribution >= 4 is 23.0 Å². The molecule has 1 saturated carbocycles. The van der Waals surface area contributed by atoms with Gasteiger partial charge in [0.05, 0.1) is 5.69 Å². The highest BCUT2D eigenvalue weighted by molar-refractivity contribution is 6.54. The van der Waals surface area contributed by atoms with Crippen LogP contribution in [0, 0.1) is 0 Å². The summed E-state index contributed by atoms with van der Waals surface area (Å²) in [6.45, 7) is 4.22. The number of anilines is 1. The second kappa shape index (κ2) is 6.69. The second-order valence-corrected chi connectivity index (χ2v) is 5.75. The average Bonchev–Trinajstić information content (AvgIpc) is 2.72. The smallest absolute Gasteiger partial charge is 0.279 e. The van der Waals surface area contributed by atoms with Crippen LogP contribution < -0.4 is 4.90 Å². The summed E-state index contributed by atoms with van der Waals surface area (Å²) in [5.74, 6) is -0.0842. The molecule has 2 aliphatic rings. The van der Waals surface area contributed by atoms with Gasteiger partial charge in [0.1, 0.15) is 0 Å². The van der Waals surface area contributed by atoms with E-state index in [1.54, 1.807) is 11.0 Å². The normalized spacial score (nSPS) is 20.0. The largest absolute Gasteiger partial charge is 0.302 e. The fourth-order valence-electron chi connectivity index (χ4n) is 3.03. The van der Waals surface area contributed by atoms with Crippen LogP contribution in [0.4, 0.5) is 5.69 Å². The predicted molar refractivity (Wildman–Crippen MR) is 90.7 cm³/mol. The van der Waals surface area contributed by atoms with Crippen molar-refractivity contribution in [3.05, 3.63) is 42.5 Å². The van der Waals surface area contributed by atoms with Crippen LogP contribution >= 0.6 is 0 Å². The summed E-state index contributed by atoms with van der Waals surface area (Å²) >= 11 is 0. The number of hydrogen-bond acceptors (Lipinski definition) is 3. The first-order valence-electron chi connectivity index (χ1n) is 7.97. The predicted octanol–water partition coefficient (Wildman–Crippen LogP) is 3.72. The minimum Gasteiger partial charge on any atom is -0.302 e. The Morgan fingerprint density at radius 1 is 1.09 bits per heavy atom. The minimum atomic E-state index is -0.0842. The van der Waals surface area contributed by atoms with Crippen LogP contribution in [0.25, 0.3) is 0 Å². The molecule has 1 heterocycles. The molecule has 0 radical (unpaired) electrons.